The monoisotopic (exact) mass is 101 g/mol. The van der Waals surface area contributed by atoms with Crippen molar-refractivity contribution in [2.45, 2.75) is 31.5 Å². The van der Waals surface area contributed by atoms with Crippen molar-refractivity contribution in [3.05, 3.63) is 0 Å². The predicted molar refractivity (Wildman–Crippen MR) is 24.3 cm³/mol. The Bertz CT molecular complexity index is 74.1. The van der Waals surface area contributed by atoms with Gasteiger partial charge >= 0.3 is 0 Å². The first-order chi connectivity index (χ1) is 3.15. The molecule has 0 aromatic heterocycles. The van der Waals surface area contributed by atoms with E-state index in [0.717, 1.165) is 0 Å². The maximum absolute atomic E-state index is 10.4. The standard InChI is InChI=1S/C5H9O2/c1-4(6)5(7)2-3-5/h4,7H,2-3H2,1H3. The molecule has 0 aromatic rings. The first-order valence-electron chi connectivity index (χ1n) is 2.53. The second kappa shape index (κ2) is 1.20. The van der Waals surface area contributed by atoms with Crippen molar-refractivity contribution in [3.8, 4) is 0 Å². The SMILES string of the molecule is CC([O])C1(O)CC1. The molecule has 1 radical (unpaired) electrons. The highest BCUT2D eigenvalue weighted by molar-refractivity contribution is 4.97. The van der Waals surface area contributed by atoms with E-state index in [1.807, 2.05) is 0 Å². The number of rotatable bonds is 1. The van der Waals surface area contributed by atoms with Gasteiger partial charge in [0.25, 0.3) is 0 Å². The molecule has 2 nitrogen and oxygen atoms in total. The van der Waals surface area contributed by atoms with Gasteiger partial charge in [0.05, 0.1) is 5.60 Å². The van der Waals surface area contributed by atoms with E-state index in [4.69, 9.17) is 5.11 Å². The van der Waals surface area contributed by atoms with Gasteiger partial charge in [-0.05, 0) is 19.8 Å². The van der Waals surface area contributed by atoms with Crippen LogP contribution in [0, 0.1) is 0 Å². The third-order valence-corrected chi connectivity index (χ3v) is 1.52. The van der Waals surface area contributed by atoms with Gasteiger partial charge in [0.2, 0.25) is 0 Å². The van der Waals surface area contributed by atoms with Crippen LogP contribution < -0.4 is 0 Å². The summed E-state index contributed by atoms with van der Waals surface area (Å²) in [6, 6.07) is 0. The number of aliphatic hydroxyl groups is 1. The van der Waals surface area contributed by atoms with Crippen LogP contribution in [0.5, 0.6) is 0 Å². The summed E-state index contributed by atoms with van der Waals surface area (Å²) in [5.74, 6) is 0. The van der Waals surface area contributed by atoms with Gasteiger partial charge in [-0.3, -0.25) is 0 Å². The molecule has 0 aliphatic heterocycles. The Hall–Kier alpha value is -0.0800. The molecule has 0 spiro atoms. The molecule has 1 unspecified atom stereocenters. The minimum atomic E-state index is -0.806. The molecular formula is C5H9O2. The maximum Gasteiger partial charge on any atom is 0.119 e. The van der Waals surface area contributed by atoms with E-state index in [-0.39, 0.29) is 0 Å². The second-order valence-electron chi connectivity index (χ2n) is 2.25. The summed E-state index contributed by atoms with van der Waals surface area (Å²) in [5, 5.41) is 19.3. The Balaban J connectivity index is 2.39. The molecule has 0 heterocycles. The van der Waals surface area contributed by atoms with Crippen molar-refractivity contribution in [2.24, 2.45) is 0 Å². The summed E-state index contributed by atoms with van der Waals surface area (Å²) >= 11 is 0. The Labute approximate surface area is 42.8 Å². The van der Waals surface area contributed by atoms with Gasteiger partial charge in [-0.25, -0.2) is 5.11 Å². The molecule has 0 saturated heterocycles. The molecule has 1 atom stereocenters. The van der Waals surface area contributed by atoms with Gasteiger partial charge in [0.1, 0.15) is 6.10 Å². The average Bonchev–Trinajstić information content (AvgIpc) is 2.21. The van der Waals surface area contributed by atoms with Crippen molar-refractivity contribution in [2.75, 3.05) is 0 Å². The van der Waals surface area contributed by atoms with Crippen molar-refractivity contribution in [1.29, 1.82) is 0 Å². The highest BCUT2D eigenvalue weighted by Crippen LogP contribution is 2.38. The van der Waals surface area contributed by atoms with Crippen molar-refractivity contribution in [3.63, 3.8) is 0 Å². The number of hydrogen-bond acceptors (Lipinski definition) is 1. The van der Waals surface area contributed by atoms with Crippen LogP contribution in [0.25, 0.3) is 0 Å². The van der Waals surface area contributed by atoms with E-state index < -0.39 is 11.7 Å². The van der Waals surface area contributed by atoms with Crippen LogP contribution in [0.3, 0.4) is 0 Å². The molecule has 1 aliphatic carbocycles. The summed E-state index contributed by atoms with van der Waals surface area (Å²) in [5.41, 5.74) is -0.806. The van der Waals surface area contributed by atoms with Crippen LogP contribution in [0.2, 0.25) is 0 Å². The third-order valence-electron chi connectivity index (χ3n) is 1.52. The van der Waals surface area contributed by atoms with Crippen LogP contribution in [0.1, 0.15) is 19.8 Å². The highest BCUT2D eigenvalue weighted by atomic mass is 16.3. The fourth-order valence-corrected chi connectivity index (χ4v) is 0.535. The van der Waals surface area contributed by atoms with E-state index >= 15 is 0 Å². The number of hydrogen-bond donors (Lipinski definition) is 1. The first-order valence-corrected chi connectivity index (χ1v) is 2.53. The van der Waals surface area contributed by atoms with Crippen LogP contribution in [0.15, 0.2) is 0 Å². The zero-order valence-electron chi connectivity index (χ0n) is 4.35. The van der Waals surface area contributed by atoms with Crippen LogP contribution >= 0.6 is 0 Å². The molecule has 41 valence electrons. The lowest BCUT2D eigenvalue weighted by Gasteiger charge is -2.05. The molecule has 0 bridgehead atoms. The Morgan fingerprint density at radius 3 is 2.14 bits per heavy atom. The van der Waals surface area contributed by atoms with Crippen LogP contribution in [-0.2, 0) is 5.11 Å². The van der Waals surface area contributed by atoms with Gasteiger partial charge in [-0.2, -0.15) is 0 Å². The lowest BCUT2D eigenvalue weighted by molar-refractivity contribution is -0.0306. The molecule has 2 heteroatoms. The minimum Gasteiger partial charge on any atom is -0.387 e. The smallest absolute Gasteiger partial charge is 0.119 e. The molecular weight excluding hydrogens is 92.1 g/mol. The summed E-state index contributed by atoms with van der Waals surface area (Å²) in [4.78, 5) is 0. The van der Waals surface area contributed by atoms with Crippen LogP contribution in [-0.4, -0.2) is 16.8 Å². The van der Waals surface area contributed by atoms with Gasteiger partial charge in [-0.1, -0.05) is 0 Å². The lowest BCUT2D eigenvalue weighted by atomic mass is 10.2. The second-order valence-corrected chi connectivity index (χ2v) is 2.25. The molecule has 1 fully saturated rings. The summed E-state index contributed by atoms with van der Waals surface area (Å²) in [7, 11) is 0. The van der Waals surface area contributed by atoms with Crippen molar-refractivity contribution < 1.29 is 10.2 Å². The Morgan fingerprint density at radius 2 is 2.14 bits per heavy atom. The van der Waals surface area contributed by atoms with Gasteiger partial charge in [0.15, 0.2) is 0 Å². The van der Waals surface area contributed by atoms with E-state index in [2.05, 4.69) is 0 Å². The molecule has 0 aromatic carbocycles. The van der Waals surface area contributed by atoms with Gasteiger partial charge < -0.3 is 5.11 Å². The summed E-state index contributed by atoms with van der Waals surface area (Å²) < 4.78 is 0. The minimum absolute atomic E-state index is 0.706. The quantitative estimate of drug-likeness (QED) is 0.508. The Morgan fingerprint density at radius 1 is 1.71 bits per heavy atom. The van der Waals surface area contributed by atoms with Gasteiger partial charge in [0, 0.05) is 0 Å². The molecule has 1 saturated carbocycles. The molecule has 0 amide bonds. The topological polar surface area (TPSA) is 40.1 Å². The van der Waals surface area contributed by atoms with Gasteiger partial charge in [-0.15, -0.1) is 0 Å². The largest absolute Gasteiger partial charge is 0.387 e. The van der Waals surface area contributed by atoms with E-state index in [1.54, 1.807) is 0 Å². The van der Waals surface area contributed by atoms with E-state index in [0.29, 0.717) is 12.8 Å². The molecule has 1 rings (SSSR count). The normalized spacial score (nSPS) is 29.6. The zero-order valence-corrected chi connectivity index (χ0v) is 4.35. The molecule has 1 N–H and O–H groups in total. The Kier molecular flexibility index (Phi) is 0.869. The summed E-state index contributed by atoms with van der Waals surface area (Å²) in [6.07, 6.45) is 0.627. The van der Waals surface area contributed by atoms with E-state index in [9.17, 15) is 5.11 Å². The third kappa shape index (κ3) is 0.763. The fourth-order valence-electron chi connectivity index (χ4n) is 0.535. The van der Waals surface area contributed by atoms with Crippen molar-refractivity contribution in [1.82, 2.24) is 0 Å². The van der Waals surface area contributed by atoms with Crippen LogP contribution in [0.4, 0.5) is 0 Å². The first kappa shape index (κ1) is 5.06. The maximum atomic E-state index is 10.4. The summed E-state index contributed by atoms with van der Waals surface area (Å²) in [6.45, 7) is 1.51. The lowest BCUT2D eigenvalue weighted by Crippen LogP contribution is -2.22. The fraction of sp³-hybridized carbons (Fsp3) is 1.00. The average molecular weight is 101 g/mol. The molecule has 1 aliphatic rings. The molecule has 7 heavy (non-hydrogen) atoms. The predicted octanol–water partition coefficient (Wildman–Crippen LogP) is 0.330. The van der Waals surface area contributed by atoms with E-state index in [1.165, 1.54) is 6.92 Å². The zero-order chi connectivity index (χ0) is 5.49. The van der Waals surface area contributed by atoms with Crippen molar-refractivity contribution >= 4 is 0 Å². The highest BCUT2D eigenvalue weighted by Gasteiger charge is 2.45.